The molecular weight excluding hydrogens is 555 g/mol. The molecule has 0 aliphatic rings. The standard InChI is InChI=1S/C22H26ClN8O7P/c1-39(37)38-15-3-5-19(36)18(7-15)31-28-16-4-2-12(6-17(16)29-31)24-21-25-20(23)26-22(27-21)30(8-13(34)10-32)9-14(35)11-33/h2-7,13-14,32-36,39H,8-11H2,1H3,(H,24,25,26,27). The number of benzene rings is 2. The molecule has 3 unspecified atom stereocenters. The van der Waals surface area contributed by atoms with E-state index in [1.54, 1.807) is 18.2 Å². The first kappa shape index (κ1) is 28.4. The summed E-state index contributed by atoms with van der Waals surface area (Å²) in [6.45, 7) is 0.0892. The number of rotatable bonds is 12. The number of phenolic OH excluding ortho intramolecular Hbond substituents is 1. The van der Waals surface area contributed by atoms with Gasteiger partial charge in [-0.15, -0.1) is 15.0 Å². The second kappa shape index (κ2) is 12.5. The van der Waals surface area contributed by atoms with Crippen LogP contribution in [-0.2, 0) is 4.57 Å². The molecule has 39 heavy (non-hydrogen) atoms. The molecule has 4 aromatic rings. The SMILES string of the molecule is C[PH](=O)Oc1ccc(O)c(-n2nc3ccc(Nc4nc(Cl)nc(N(CC(O)CO)CC(O)CO)n4)cc3n2)c1. The number of nitrogens with one attached hydrogen (secondary N) is 1. The maximum Gasteiger partial charge on any atom is 0.233 e. The van der Waals surface area contributed by atoms with Crippen LogP contribution in [0.2, 0.25) is 5.28 Å². The predicted molar refractivity (Wildman–Crippen MR) is 143 cm³/mol. The van der Waals surface area contributed by atoms with Crippen molar-refractivity contribution in [3.8, 4) is 17.2 Å². The van der Waals surface area contributed by atoms with E-state index in [1.165, 1.54) is 34.6 Å². The molecular formula is C22H26ClN8O7P. The van der Waals surface area contributed by atoms with Crippen molar-refractivity contribution < 1.29 is 34.6 Å². The molecule has 3 atom stereocenters. The minimum Gasteiger partial charge on any atom is -0.506 e. The van der Waals surface area contributed by atoms with Gasteiger partial charge in [-0.3, -0.25) is 4.57 Å². The van der Waals surface area contributed by atoms with Crippen molar-refractivity contribution >= 4 is 48.2 Å². The number of aliphatic hydroxyl groups is 4. The first-order chi connectivity index (χ1) is 18.6. The fraction of sp³-hybridized carbons (Fsp3) is 0.318. The number of hydrogen-bond acceptors (Lipinski definition) is 14. The summed E-state index contributed by atoms with van der Waals surface area (Å²) in [5.74, 6) is 0.228. The molecule has 0 fully saturated rings. The number of nitrogens with zero attached hydrogens (tertiary/aromatic N) is 7. The molecule has 0 bridgehead atoms. The van der Waals surface area contributed by atoms with Crippen LogP contribution in [0.1, 0.15) is 0 Å². The van der Waals surface area contributed by atoms with Gasteiger partial charge >= 0.3 is 0 Å². The number of halogens is 1. The minimum atomic E-state index is -2.25. The maximum atomic E-state index is 11.5. The fourth-order valence-electron chi connectivity index (χ4n) is 3.52. The summed E-state index contributed by atoms with van der Waals surface area (Å²) < 4.78 is 16.7. The van der Waals surface area contributed by atoms with Gasteiger partial charge in [-0.1, -0.05) is 0 Å². The third-order valence-corrected chi connectivity index (χ3v) is 5.92. The Labute approximate surface area is 227 Å². The van der Waals surface area contributed by atoms with Crippen molar-refractivity contribution in [1.29, 1.82) is 0 Å². The molecule has 15 nitrogen and oxygen atoms in total. The van der Waals surface area contributed by atoms with E-state index in [9.17, 15) is 30.1 Å². The third-order valence-electron chi connectivity index (χ3n) is 5.22. The molecule has 2 aromatic carbocycles. The summed E-state index contributed by atoms with van der Waals surface area (Å²) in [7, 11) is -2.25. The highest BCUT2D eigenvalue weighted by Gasteiger charge is 2.20. The Morgan fingerprint density at radius 1 is 1.03 bits per heavy atom. The number of aromatic hydroxyl groups is 1. The van der Waals surface area contributed by atoms with Crippen molar-refractivity contribution in [2.75, 3.05) is 43.2 Å². The van der Waals surface area contributed by atoms with Crippen molar-refractivity contribution in [2.45, 2.75) is 12.2 Å². The number of aliphatic hydroxyl groups excluding tert-OH is 4. The summed E-state index contributed by atoms with van der Waals surface area (Å²) >= 11 is 6.10. The average Bonchev–Trinajstić information content (AvgIpc) is 3.31. The quantitative estimate of drug-likeness (QED) is 0.127. The molecule has 0 spiro atoms. The topological polar surface area (TPSA) is 212 Å². The van der Waals surface area contributed by atoms with Crippen LogP contribution in [0.3, 0.4) is 0 Å². The van der Waals surface area contributed by atoms with Crippen LogP contribution in [0.5, 0.6) is 11.5 Å². The van der Waals surface area contributed by atoms with Crippen LogP contribution >= 0.6 is 19.6 Å². The van der Waals surface area contributed by atoms with Gasteiger partial charge in [0.15, 0.2) is 0 Å². The third kappa shape index (κ3) is 7.29. The number of anilines is 3. The Bertz CT molecular complexity index is 1460. The van der Waals surface area contributed by atoms with Crippen LogP contribution in [0.25, 0.3) is 16.7 Å². The van der Waals surface area contributed by atoms with Gasteiger partial charge in [-0.05, 0) is 41.9 Å². The van der Waals surface area contributed by atoms with Crippen LogP contribution in [0, 0.1) is 0 Å². The Morgan fingerprint density at radius 3 is 2.38 bits per heavy atom. The van der Waals surface area contributed by atoms with Gasteiger partial charge in [0.25, 0.3) is 0 Å². The summed E-state index contributed by atoms with van der Waals surface area (Å²) in [4.78, 5) is 15.0. The zero-order valence-electron chi connectivity index (χ0n) is 20.5. The smallest absolute Gasteiger partial charge is 0.233 e. The highest BCUT2D eigenvalue weighted by atomic mass is 35.5. The van der Waals surface area contributed by atoms with Gasteiger partial charge in [0, 0.05) is 31.5 Å². The van der Waals surface area contributed by atoms with E-state index in [2.05, 4.69) is 30.5 Å². The minimum absolute atomic E-state index is 0.00302. The van der Waals surface area contributed by atoms with E-state index in [0.29, 0.717) is 22.5 Å². The molecule has 6 N–H and O–H groups in total. The van der Waals surface area contributed by atoms with Gasteiger partial charge in [0.1, 0.15) is 28.2 Å². The Hall–Kier alpha value is -3.59. The Balaban J connectivity index is 1.61. The fourth-order valence-corrected chi connectivity index (χ4v) is 4.14. The molecule has 0 radical (unpaired) electrons. The monoisotopic (exact) mass is 580 g/mol. The van der Waals surface area contributed by atoms with Crippen molar-refractivity contribution in [3.63, 3.8) is 0 Å². The van der Waals surface area contributed by atoms with E-state index in [1.807, 2.05) is 0 Å². The Morgan fingerprint density at radius 2 is 1.72 bits per heavy atom. The van der Waals surface area contributed by atoms with E-state index in [-0.39, 0.29) is 41.7 Å². The first-order valence-corrected chi connectivity index (χ1v) is 13.7. The molecule has 2 heterocycles. The van der Waals surface area contributed by atoms with E-state index in [4.69, 9.17) is 16.1 Å². The van der Waals surface area contributed by atoms with Gasteiger partial charge < -0.3 is 40.3 Å². The molecule has 17 heteroatoms. The average molecular weight is 581 g/mol. The molecule has 0 saturated carbocycles. The van der Waals surface area contributed by atoms with Gasteiger partial charge in [0.2, 0.25) is 25.2 Å². The summed E-state index contributed by atoms with van der Waals surface area (Å²) in [5.41, 5.74) is 1.69. The molecule has 2 aromatic heterocycles. The highest BCUT2D eigenvalue weighted by Crippen LogP contribution is 2.31. The van der Waals surface area contributed by atoms with Crippen LogP contribution in [-0.4, -0.2) is 101 Å². The first-order valence-electron chi connectivity index (χ1n) is 11.6. The lowest BCUT2D eigenvalue weighted by Gasteiger charge is -2.26. The van der Waals surface area contributed by atoms with E-state index in [0.717, 1.165) is 0 Å². The summed E-state index contributed by atoms with van der Waals surface area (Å²) in [5, 5.41) is 60.1. The summed E-state index contributed by atoms with van der Waals surface area (Å²) in [6.07, 6.45) is -2.32. The van der Waals surface area contributed by atoms with E-state index < -0.39 is 33.4 Å². The van der Waals surface area contributed by atoms with Gasteiger partial charge in [0.05, 0.1) is 25.4 Å². The predicted octanol–water partition coefficient (Wildman–Crippen LogP) is 0.704. The number of phenols is 1. The van der Waals surface area contributed by atoms with Crippen molar-refractivity contribution in [1.82, 2.24) is 29.9 Å². The summed E-state index contributed by atoms with van der Waals surface area (Å²) in [6, 6.07) is 9.36. The molecule has 0 amide bonds. The lowest BCUT2D eigenvalue weighted by atomic mass is 10.3. The molecule has 208 valence electrons. The molecule has 0 aliphatic carbocycles. The van der Waals surface area contributed by atoms with Crippen LogP contribution in [0.15, 0.2) is 36.4 Å². The lowest BCUT2D eigenvalue weighted by molar-refractivity contribution is 0.0834. The lowest BCUT2D eigenvalue weighted by Crippen LogP contribution is -2.41. The molecule has 4 rings (SSSR count). The zero-order chi connectivity index (χ0) is 28.1. The van der Waals surface area contributed by atoms with E-state index >= 15 is 0 Å². The van der Waals surface area contributed by atoms with Crippen LogP contribution < -0.4 is 14.7 Å². The van der Waals surface area contributed by atoms with Gasteiger partial charge in [-0.25, -0.2) is 0 Å². The number of aromatic nitrogens is 6. The number of hydrogen-bond donors (Lipinski definition) is 6. The molecule has 0 saturated heterocycles. The Kier molecular flexibility index (Phi) is 9.12. The van der Waals surface area contributed by atoms with Gasteiger partial charge in [-0.2, -0.15) is 15.0 Å². The largest absolute Gasteiger partial charge is 0.506 e. The highest BCUT2D eigenvalue weighted by molar-refractivity contribution is 7.38. The number of fused-ring (bicyclic) bond motifs is 1. The normalized spacial score (nSPS) is 13.7. The maximum absolute atomic E-state index is 11.5. The van der Waals surface area contributed by atoms with Crippen LogP contribution in [0.4, 0.5) is 17.6 Å². The molecule has 0 aliphatic heterocycles. The van der Waals surface area contributed by atoms with Crippen molar-refractivity contribution in [2.24, 2.45) is 0 Å². The second-order valence-corrected chi connectivity index (χ2v) is 9.89. The second-order valence-electron chi connectivity index (χ2n) is 8.37. The zero-order valence-corrected chi connectivity index (χ0v) is 22.3. The van der Waals surface area contributed by atoms with Crippen molar-refractivity contribution in [3.05, 3.63) is 41.7 Å².